The lowest BCUT2D eigenvalue weighted by atomic mass is 10.1. The number of phenolic OH excluding ortho intramolecular Hbond substituents is 5. The number of rotatable bonds is 19. The molecule has 0 spiro atoms. The smallest absolute Gasteiger partial charge is 0.418 e. The van der Waals surface area contributed by atoms with Gasteiger partial charge >= 0.3 is 12.1 Å². The van der Waals surface area contributed by atoms with Crippen molar-refractivity contribution in [3.8, 4) is 91.7 Å². The van der Waals surface area contributed by atoms with Gasteiger partial charge in [-0.15, -0.1) is 0 Å². The molecule has 16 rings (SSSR count). The molecule has 0 bridgehead atoms. The van der Waals surface area contributed by atoms with Crippen molar-refractivity contribution in [3.63, 3.8) is 0 Å². The van der Waals surface area contributed by atoms with Crippen LogP contribution in [0.25, 0.3) is 115 Å². The molecular weight excluding hydrogens is 1680 g/mol. The van der Waals surface area contributed by atoms with Gasteiger partial charge in [0.05, 0.1) is 103 Å². The van der Waals surface area contributed by atoms with Crippen LogP contribution in [0.1, 0.15) is 98.9 Å². The van der Waals surface area contributed by atoms with E-state index in [4.69, 9.17) is 43.1 Å². The number of alkyl halides is 3. The summed E-state index contributed by atoms with van der Waals surface area (Å²) in [5.41, 5.74) is 4.33. The summed E-state index contributed by atoms with van der Waals surface area (Å²) in [6, 6.07) is 68.1. The van der Waals surface area contributed by atoms with E-state index in [2.05, 4.69) is 9.97 Å². The topological polar surface area (TPSA) is 322 Å². The summed E-state index contributed by atoms with van der Waals surface area (Å²) in [7, 11) is 8.90. The maximum atomic E-state index is 13.7. The van der Waals surface area contributed by atoms with Crippen LogP contribution < -0.4 is 55.4 Å². The van der Waals surface area contributed by atoms with Gasteiger partial charge in [0.1, 0.15) is 57.7 Å². The number of hydrogen-bond acceptors (Lipinski definition) is 21. The van der Waals surface area contributed by atoms with Crippen molar-refractivity contribution in [2.24, 2.45) is 0 Å². The van der Waals surface area contributed by atoms with Gasteiger partial charge in [0, 0.05) is 29.2 Å². The molecule has 0 aliphatic rings. The summed E-state index contributed by atoms with van der Waals surface area (Å²) in [6.07, 6.45) is 8.11. The number of hydrogen-bond donors (Lipinski definition) is 5. The number of benzene rings is 12. The van der Waals surface area contributed by atoms with Gasteiger partial charge in [-0.25, -0.2) is 19.9 Å². The molecule has 4 heterocycles. The molecule has 5 N–H and O–H groups in total. The first-order valence-corrected chi connectivity index (χ1v) is 39.0. The summed E-state index contributed by atoms with van der Waals surface area (Å²) in [4.78, 5) is 83.7. The van der Waals surface area contributed by atoms with Crippen molar-refractivity contribution < 1.29 is 76.7 Å². The number of aromatic hydroxyl groups is 5. The van der Waals surface area contributed by atoms with E-state index < -0.39 is 28.8 Å². The fourth-order valence-electron chi connectivity index (χ4n) is 13.9. The van der Waals surface area contributed by atoms with Crippen molar-refractivity contribution in [1.29, 1.82) is 0 Å². The van der Waals surface area contributed by atoms with Gasteiger partial charge in [-0.05, 0) is 189 Å². The first-order valence-electron chi connectivity index (χ1n) is 39.0. The molecule has 0 fully saturated rings. The Hall–Kier alpha value is -16.8. The third-order valence-corrected chi connectivity index (χ3v) is 20.2. The van der Waals surface area contributed by atoms with Crippen LogP contribution in [0.15, 0.2) is 268 Å². The lowest BCUT2D eigenvalue weighted by molar-refractivity contribution is -0.137. The van der Waals surface area contributed by atoms with Crippen molar-refractivity contribution in [1.82, 2.24) is 38.2 Å². The zero-order chi connectivity index (χ0) is 90.3. The lowest BCUT2D eigenvalue weighted by Crippen LogP contribution is -2.25. The fourth-order valence-corrected chi connectivity index (χ4v) is 13.9. The van der Waals surface area contributed by atoms with Gasteiger partial charge < -0.3 is 58.7 Å². The molecule has 0 aliphatic heterocycles. The number of esters is 1. The van der Waals surface area contributed by atoms with E-state index in [9.17, 15) is 62.7 Å². The Kier molecular flexibility index (Phi) is 32.5. The molecule has 0 saturated heterocycles. The van der Waals surface area contributed by atoms with Crippen molar-refractivity contribution >= 4 is 98.2 Å². The maximum absolute atomic E-state index is 13.7. The SMILES string of the molecule is C.C.C.C.COc1cccc(/C=C/c2nc3ccccc3c(=O)n2-c2c(O)cccc2O)c1O.COc1cccc(/C=C/c2nc3ccccc3c(=O)n2-c2c(OC)cccc2OC)c1OC(C)=O.COc1cccc(/C=C/c2nc3ccccc3c(=O)n2-c2cccc(C)c2C)c1O.COc1cccc(/C=C/c2nc3ccccc3c(=O)n2-c2ccccc2C(F)(F)F)c1O. The largest absolute Gasteiger partial charge is 0.506 e. The van der Waals surface area contributed by atoms with E-state index in [-0.39, 0.29) is 109 Å². The van der Waals surface area contributed by atoms with Crippen molar-refractivity contribution in [2.75, 3.05) is 42.7 Å². The molecule has 12 aromatic carbocycles. The Labute approximate surface area is 752 Å². The minimum absolute atomic E-state index is 0. The standard InChI is InChI=1S/C27H24N2O6.C25H22N2O3.C24H17F3N2O3.C23H18N2O5.4CH4/c1-17(30)35-26-18(9-7-14-23(26)34-4)15-16-24-28-20-11-6-5-10-19(20)27(31)29(24)25-21(32-2)12-8-13-22(25)33-3;1-16-8-6-12-21(17(16)2)27-23(26-20-11-5-4-10-19(20)25(27)29)15-14-18-9-7-13-22(30-3)24(18)28;1-32-20-12-6-7-15(22(20)30)13-14-21-28-18-10-4-2-8-16(18)23(31)29(21)19-11-5-3-9-17(19)24(25,26)27;1-30-19-11-4-6-14(22(19)28)12-13-20-24-16-8-3-2-7-15(16)23(29)25(20)21-17(26)9-5-10-18(21)27;;;;/h5-16H,1-4H3;4-15,28H,1-3H3;2-14,30H,1H3;2-13,26-28H,1H3;4*1H4/b16-15+;15-14+;14-13+;13-12+;;;;. The predicted octanol–water partition coefficient (Wildman–Crippen LogP) is 20.9. The normalized spacial score (nSPS) is 11.0. The molecule has 4 aromatic heterocycles. The Morgan fingerprint density at radius 1 is 0.328 bits per heavy atom. The molecule has 25 nitrogen and oxygen atoms in total. The van der Waals surface area contributed by atoms with E-state index in [1.165, 1.54) is 115 Å². The van der Waals surface area contributed by atoms with Crippen LogP contribution in [-0.4, -0.2) is 112 Å². The third kappa shape index (κ3) is 21.0. The quantitative estimate of drug-likeness (QED) is 0.0371. The molecule has 672 valence electrons. The molecular formula is C103H97F3N8O17. The molecule has 0 atom stereocenters. The molecule has 0 saturated carbocycles. The number of nitrogens with zero attached hydrogens (tertiary/aromatic N) is 8. The fraction of sp³-hybridized carbons (Fsp3) is 0.136. The van der Waals surface area contributed by atoms with Crippen molar-refractivity contribution in [3.05, 3.63) is 352 Å². The Morgan fingerprint density at radius 3 is 1.00 bits per heavy atom. The number of methoxy groups -OCH3 is 6. The zero-order valence-electron chi connectivity index (χ0n) is 69.6. The highest BCUT2D eigenvalue weighted by molar-refractivity contribution is 5.87. The van der Waals surface area contributed by atoms with Gasteiger partial charge in [-0.2, -0.15) is 13.2 Å². The number of para-hydroxylation sites is 11. The Bertz CT molecular complexity index is 7240. The molecule has 0 unspecified atom stereocenters. The highest BCUT2D eigenvalue weighted by atomic mass is 19.4. The van der Waals surface area contributed by atoms with Crippen LogP contribution in [-0.2, 0) is 11.0 Å². The monoisotopic (exact) mass is 1770 g/mol. The number of halogens is 3. The van der Waals surface area contributed by atoms with Crippen LogP contribution in [0.2, 0.25) is 0 Å². The summed E-state index contributed by atoms with van der Waals surface area (Å²) in [5.74, 6) is 2.25. The first-order chi connectivity index (χ1) is 61.3. The molecule has 0 aliphatic carbocycles. The number of fused-ring (bicyclic) bond motifs is 4. The average molecular weight is 1780 g/mol. The second-order valence-corrected chi connectivity index (χ2v) is 27.9. The highest BCUT2D eigenvalue weighted by Gasteiger charge is 2.35. The van der Waals surface area contributed by atoms with Crippen LogP contribution in [0.4, 0.5) is 13.2 Å². The predicted molar refractivity (Wildman–Crippen MR) is 511 cm³/mol. The summed E-state index contributed by atoms with van der Waals surface area (Å²) >= 11 is 0. The first kappa shape index (κ1) is 98.0. The summed E-state index contributed by atoms with van der Waals surface area (Å²) in [6.45, 7) is 5.33. The van der Waals surface area contributed by atoms with Gasteiger partial charge in [0.2, 0.25) is 0 Å². The molecule has 16 aromatic rings. The number of aryl methyl sites for hydroxylation is 1. The third-order valence-electron chi connectivity index (χ3n) is 20.2. The molecule has 0 radical (unpaired) electrons. The number of carbonyl (C=O) groups is 1. The van der Waals surface area contributed by atoms with Crippen molar-refractivity contribution in [2.45, 2.75) is 56.7 Å². The number of phenols is 5. The highest BCUT2D eigenvalue weighted by Crippen LogP contribution is 2.40. The van der Waals surface area contributed by atoms with E-state index in [1.807, 2.05) is 56.3 Å². The minimum atomic E-state index is -4.67. The minimum Gasteiger partial charge on any atom is -0.506 e. The van der Waals surface area contributed by atoms with Gasteiger partial charge in [-0.3, -0.25) is 42.2 Å². The van der Waals surface area contributed by atoms with Crippen LogP contribution in [0.5, 0.6) is 69.0 Å². The summed E-state index contributed by atoms with van der Waals surface area (Å²) in [5, 5.41) is 53.2. The van der Waals surface area contributed by atoms with E-state index in [0.717, 1.165) is 32.0 Å². The van der Waals surface area contributed by atoms with Crippen LogP contribution in [0, 0.1) is 13.8 Å². The van der Waals surface area contributed by atoms with Crippen LogP contribution >= 0.6 is 0 Å². The molecule has 131 heavy (non-hydrogen) atoms. The Morgan fingerprint density at radius 2 is 0.618 bits per heavy atom. The lowest BCUT2D eigenvalue weighted by Gasteiger charge is -2.17. The van der Waals surface area contributed by atoms with Gasteiger partial charge in [0.15, 0.2) is 46.0 Å². The zero-order valence-corrected chi connectivity index (χ0v) is 69.6. The molecule has 0 amide bonds. The Balaban J connectivity index is 0.000000195. The summed E-state index contributed by atoms with van der Waals surface area (Å²) < 4.78 is 83.5. The van der Waals surface area contributed by atoms with E-state index in [0.29, 0.717) is 107 Å². The van der Waals surface area contributed by atoms with E-state index >= 15 is 0 Å². The number of aromatic nitrogens is 8. The maximum Gasteiger partial charge on any atom is 0.418 e. The van der Waals surface area contributed by atoms with Gasteiger partial charge in [0.25, 0.3) is 22.2 Å². The average Bonchev–Trinajstić information content (AvgIpc) is 0.785. The number of carbonyl (C=O) groups excluding carboxylic acids is 1. The second kappa shape index (κ2) is 43.4. The van der Waals surface area contributed by atoms with E-state index in [1.54, 1.807) is 193 Å². The number of ether oxygens (including phenoxy) is 7. The van der Waals surface area contributed by atoms with Gasteiger partial charge in [-0.1, -0.05) is 163 Å². The second-order valence-electron chi connectivity index (χ2n) is 27.9. The molecule has 28 heteroatoms. The van der Waals surface area contributed by atoms with Crippen LogP contribution in [0.3, 0.4) is 0 Å².